The number of piperidine rings is 1. The van der Waals surface area contributed by atoms with Crippen LogP contribution in [0.5, 0.6) is 0 Å². The Kier molecular flexibility index (Phi) is 4.35. The number of amides is 1. The third kappa shape index (κ3) is 3.09. The van der Waals surface area contributed by atoms with Gasteiger partial charge >= 0.3 is 0 Å². The highest BCUT2D eigenvalue weighted by Gasteiger charge is 2.36. The molecule has 1 amide bonds. The average molecular weight is 267 g/mol. The molecule has 5 heteroatoms. The highest BCUT2D eigenvalue weighted by Crippen LogP contribution is 2.24. The van der Waals surface area contributed by atoms with Gasteiger partial charge in [-0.1, -0.05) is 0 Å². The molecule has 3 aliphatic rings. The second kappa shape index (κ2) is 6.20. The monoisotopic (exact) mass is 267 g/mol. The van der Waals surface area contributed by atoms with Crippen molar-refractivity contribution in [1.82, 2.24) is 15.5 Å². The van der Waals surface area contributed by atoms with Gasteiger partial charge in [0.15, 0.2) is 0 Å². The van der Waals surface area contributed by atoms with Crippen LogP contribution in [0.2, 0.25) is 0 Å². The Bertz CT molecular complexity index is 312. The third-order valence-electron chi connectivity index (χ3n) is 4.65. The van der Waals surface area contributed by atoms with Gasteiger partial charge in [-0.25, -0.2) is 0 Å². The van der Waals surface area contributed by atoms with Crippen LogP contribution < -0.4 is 10.6 Å². The molecule has 0 aliphatic carbocycles. The van der Waals surface area contributed by atoms with E-state index in [1.54, 1.807) is 0 Å². The van der Waals surface area contributed by atoms with Crippen LogP contribution in [-0.4, -0.2) is 61.8 Å². The molecule has 3 aliphatic heterocycles. The number of carbonyl (C=O) groups excluding carboxylic acids is 1. The minimum atomic E-state index is 0.101. The minimum Gasteiger partial charge on any atom is -0.379 e. The molecule has 3 saturated heterocycles. The largest absolute Gasteiger partial charge is 0.379 e. The second-order valence-corrected chi connectivity index (χ2v) is 5.95. The van der Waals surface area contributed by atoms with Gasteiger partial charge < -0.3 is 15.4 Å². The summed E-state index contributed by atoms with van der Waals surface area (Å²) in [6, 6.07) is 0.936. The van der Waals surface area contributed by atoms with Gasteiger partial charge in [-0.15, -0.1) is 0 Å². The molecule has 0 aromatic rings. The Morgan fingerprint density at radius 1 is 1.21 bits per heavy atom. The van der Waals surface area contributed by atoms with Crippen LogP contribution in [0, 0.1) is 0 Å². The van der Waals surface area contributed by atoms with Crippen LogP contribution in [0.25, 0.3) is 0 Å². The van der Waals surface area contributed by atoms with Crippen LogP contribution in [0.15, 0.2) is 0 Å². The first-order valence-corrected chi connectivity index (χ1v) is 7.69. The molecule has 3 rings (SSSR count). The van der Waals surface area contributed by atoms with Gasteiger partial charge in [-0.05, 0) is 51.7 Å². The molecule has 2 N–H and O–H groups in total. The number of hydrogen-bond acceptors (Lipinski definition) is 4. The Balaban J connectivity index is 1.56. The molecular weight excluding hydrogens is 242 g/mol. The first-order chi connectivity index (χ1) is 9.34. The second-order valence-electron chi connectivity index (χ2n) is 5.95. The number of nitrogens with one attached hydrogen (secondary N) is 2. The van der Waals surface area contributed by atoms with Crippen molar-refractivity contribution >= 4 is 5.91 Å². The fourth-order valence-electron chi connectivity index (χ4n) is 3.59. The van der Waals surface area contributed by atoms with Gasteiger partial charge in [0.1, 0.15) is 0 Å². The molecule has 0 saturated carbocycles. The third-order valence-corrected chi connectivity index (χ3v) is 4.65. The van der Waals surface area contributed by atoms with Crippen LogP contribution in [0.3, 0.4) is 0 Å². The molecule has 0 radical (unpaired) electrons. The van der Waals surface area contributed by atoms with E-state index >= 15 is 0 Å². The highest BCUT2D eigenvalue weighted by atomic mass is 16.5. The maximum absolute atomic E-state index is 12.4. The van der Waals surface area contributed by atoms with E-state index < -0.39 is 0 Å². The van der Waals surface area contributed by atoms with E-state index in [2.05, 4.69) is 15.5 Å². The Morgan fingerprint density at radius 3 is 2.79 bits per heavy atom. The van der Waals surface area contributed by atoms with Crippen LogP contribution in [0.1, 0.15) is 32.1 Å². The van der Waals surface area contributed by atoms with E-state index in [4.69, 9.17) is 4.74 Å². The number of likely N-dealkylation sites (tertiary alicyclic amines) is 1. The summed E-state index contributed by atoms with van der Waals surface area (Å²) in [7, 11) is 0. The maximum Gasteiger partial charge on any atom is 0.237 e. The van der Waals surface area contributed by atoms with Crippen molar-refractivity contribution < 1.29 is 9.53 Å². The summed E-state index contributed by atoms with van der Waals surface area (Å²) in [5.41, 5.74) is 0. The molecular formula is C14H25N3O2. The predicted molar refractivity (Wildman–Crippen MR) is 73.0 cm³/mol. The maximum atomic E-state index is 12.4. The molecule has 5 nitrogen and oxygen atoms in total. The Morgan fingerprint density at radius 2 is 2.05 bits per heavy atom. The zero-order chi connectivity index (χ0) is 13.1. The quantitative estimate of drug-likeness (QED) is 0.762. The van der Waals surface area contributed by atoms with Crippen molar-refractivity contribution in [3.63, 3.8) is 0 Å². The number of carbonyl (C=O) groups is 1. The van der Waals surface area contributed by atoms with Gasteiger partial charge in [0.05, 0.1) is 18.7 Å². The molecule has 2 atom stereocenters. The molecule has 3 heterocycles. The van der Waals surface area contributed by atoms with Crippen molar-refractivity contribution in [2.75, 3.05) is 32.8 Å². The zero-order valence-corrected chi connectivity index (χ0v) is 11.6. The number of nitrogens with zero attached hydrogens (tertiary/aromatic N) is 1. The standard InChI is InChI=1S/C14H25N3O2/c18-14(16-11-5-9-19-10-11)13-2-1-8-17(13)12-3-6-15-7-4-12/h11-13,15H,1-10H2,(H,16,18). The van der Waals surface area contributed by atoms with Gasteiger partial charge in [0, 0.05) is 12.6 Å². The van der Waals surface area contributed by atoms with Gasteiger partial charge in [-0.3, -0.25) is 9.69 Å². The van der Waals surface area contributed by atoms with Crippen molar-refractivity contribution in [2.45, 2.75) is 50.2 Å². The molecule has 3 fully saturated rings. The summed E-state index contributed by atoms with van der Waals surface area (Å²) in [5, 5.41) is 6.57. The molecule has 19 heavy (non-hydrogen) atoms. The summed E-state index contributed by atoms with van der Waals surface area (Å²) in [6.45, 7) is 4.74. The molecule has 108 valence electrons. The molecule has 0 spiro atoms. The Hall–Kier alpha value is -0.650. The van der Waals surface area contributed by atoms with Gasteiger partial charge in [0.25, 0.3) is 0 Å². The van der Waals surface area contributed by atoms with Crippen molar-refractivity contribution in [3.05, 3.63) is 0 Å². The van der Waals surface area contributed by atoms with Crippen molar-refractivity contribution in [3.8, 4) is 0 Å². The first-order valence-electron chi connectivity index (χ1n) is 7.69. The predicted octanol–water partition coefficient (Wildman–Crippen LogP) is 0.108. The molecule has 0 aromatic heterocycles. The lowest BCUT2D eigenvalue weighted by Crippen LogP contribution is -2.52. The number of rotatable bonds is 3. The summed E-state index contributed by atoms with van der Waals surface area (Å²) in [6.07, 6.45) is 5.49. The molecule has 0 aromatic carbocycles. The number of ether oxygens (including phenoxy) is 1. The fraction of sp³-hybridized carbons (Fsp3) is 0.929. The van der Waals surface area contributed by atoms with E-state index in [1.807, 2.05) is 0 Å². The van der Waals surface area contributed by atoms with Crippen LogP contribution in [-0.2, 0) is 9.53 Å². The normalized spacial score (nSPS) is 33.7. The molecule has 0 bridgehead atoms. The summed E-state index contributed by atoms with van der Waals surface area (Å²) >= 11 is 0. The van der Waals surface area contributed by atoms with Crippen molar-refractivity contribution in [2.24, 2.45) is 0 Å². The van der Waals surface area contributed by atoms with Gasteiger partial charge in [0.2, 0.25) is 5.91 Å². The summed E-state index contributed by atoms with van der Waals surface area (Å²) < 4.78 is 5.33. The van der Waals surface area contributed by atoms with Crippen LogP contribution >= 0.6 is 0 Å². The SMILES string of the molecule is O=C(NC1CCOC1)C1CCCN1C1CCNCC1. The lowest BCUT2D eigenvalue weighted by molar-refractivity contribution is -0.127. The van der Waals surface area contributed by atoms with Gasteiger partial charge in [-0.2, -0.15) is 0 Å². The highest BCUT2D eigenvalue weighted by molar-refractivity contribution is 5.82. The lowest BCUT2D eigenvalue weighted by Gasteiger charge is -2.35. The van der Waals surface area contributed by atoms with E-state index in [0.29, 0.717) is 12.6 Å². The van der Waals surface area contributed by atoms with E-state index in [0.717, 1.165) is 45.5 Å². The summed E-state index contributed by atoms with van der Waals surface area (Å²) in [5.74, 6) is 0.228. The molecule has 2 unspecified atom stereocenters. The van der Waals surface area contributed by atoms with E-state index in [9.17, 15) is 4.79 Å². The first kappa shape index (κ1) is 13.3. The van der Waals surface area contributed by atoms with E-state index in [1.165, 1.54) is 12.8 Å². The van der Waals surface area contributed by atoms with E-state index in [-0.39, 0.29) is 18.0 Å². The minimum absolute atomic E-state index is 0.101. The smallest absolute Gasteiger partial charge is 0.237 e. The van der Waals surface area contributed by atoms with Crippen LogP contribution in [0.4, 0.5) is 0 Å². The average Bonchev–Trinajstić information content (AvgIpc) is 3.10. The Labute approximate surface area is 115 Å². The topological polar surface area (TPSA) is 53.6 Å². The summed E-state index contributed by atoms with van der Waals surface area (Å²) in [4.78, 5) is 14.9. The number of hydrogen-bond donors (Lipinski definition) is 2. The zero-order valence-electron chi connectivity index (χ0n) is 11.6. The fourth-order valence-corrected chi connectivity index (χ4v) is 3.59. The van der Waals surface area contributed by atoms with Crippen molar-refractivity contribution in [1.29, 1.82) is 0 Å². The lowest BCUT2D eigenvalue weighted by atomic mass is 10.0.